The van der Waals surface area contributed by atoms with Crippen molar-refractivity contribution >= 4 is 29.1 Å². The van der Waals surface area contributed by atoms with E-state index >= 15 is 0 Å². The van der Waals surface area contributed by atoms with E-state index in [0.717, 1.165) is 0 Å². The van der Waals surface area contributed by atoms with E-state index in [1.54, 1.807) is 18.2 Å². The summed E-state index contributed by atoms with van der Waals surface area (Å²) in [4.78, 5) is 11.9. The fraction of sp³-hybridized carbons (Fsp3) is 0.417. The van der Waals surface area contributed by atoms with Gasteiger partial charge in [-0.3, -0.25) is 4.79 Å². The number of hydrogen-bond acceptors (Lipinski definition) is 2. The highest BCUT2D eigenvalue weighted by atomic mass is 35.5. The van der Waals surface area contributed by atoms with E-state index in [1.165, 1.54) is 0 Å². The molecule has 0 aliphatic carbocycles. The number of halogens is 2. The maximum Gasteiger partial charge on any atom is 0.254 e. The lowest BCUT2D eigenvalue weighted by Crippen LogP contribution is -2.40. The van der Waals surface area contributed by atoms with Gasteiger partial charge in [0.2, 0.25) is 0 Å². The average molecular weight is 275 g/mol. The molecule has 0 bridgehead atoms. The molecule has 94 valence electrons. The van der Waals surface area contributed by atoms with Crippen LogP contribution in [0.25, 0.3) is 0 Å². The van der Waals surface area contributed by atoms with Gasteiger partial charge in [0.25, 0.3) is 5.91 Å². The lowest BCUT2D eigenvalue weighted by Gasteiger charge is -2.16. The molecule has 1 amide bonds. The Morgan fingerprint density at radius 3 is 2.35 bits per heavy atom. The first-order valence-corrected chi connectivity index (χ1v) is 6.17. The van der Waals surface area contributed by atoms with Crippen LogP contribution in [0.15, 0.2) is 18.2 Å². The minimum absolute atomic E-state index is 0.0831. The maximum absolute atomic E-state index is 11.9. The van der Waals surface area contributed by atoms with Gasteiger partial charge in [0.05, 0.1) is 15.6 Å². The molecular weight excluding hydrogens is 259 g/mol. The number of benzene rings is 1. The van der Waals surface area contributed by atoms with Crippen molar-refractivity contribution < 1.29 is 4.79 Å². The molecule has 0 aromatic heterocycles. The quantitative estimate of drug-likeness (QED) is 0.887. The van der Waals surface area contributed by atoms with Gasteiger partial charge in [0.1, 0.15) is 0 Å². The van der Waals surface area contributed by atoms with E-state index in [2.05, 4.69) is 5.32 Å². The molecule has 1 aromatic rings. The number of rotatable bonds is 4. The van der Waals surface area contributed by atoms with E-state index in [0.29, 0.717) is 28.1 Å². The third-order valence-electron chi connectivity index (χ3n) is 2.54. The van der Waals surface area contributed by atoms with Crippen molar-refractivity contribution in [2.45, 2.75) is 19.9 Å². The first-order chi connectivity index (χ1) is 7.93. The zero-order valence-corrected chi connectivity index (χ0v) is 11.3. The average Bonchev–Trinajstić information content (AvgIpc) is 2.25. The van der Waals surface area contributed by atoms with Gasteiger partial charge in [0.15, 0.2) is 0 Å². The summed E-state index contributed by atoms with van der Waals surface area (Å²) in [5.41, 5.74) is 6.14. The monoisotopic (exact) mass is 274 g/mol. The predicted molar refractivity (Wildman–Crippen MR) is 71.6 cm³/mol. The van der Waals surface area contributed by atoms with Gasteiger partial charge in [0, 0.05) is 12.6 Å². The second kappa shape index (κ2) is 6.24. The minimum Gasteiger partial charge on any atom is -0.350 e. The molecule has 0 spiro atoms. The van der Waals surface area contributed by atoms with Crippen LogP contribution in [0.2, 0.25) is 10.0 Å². The molecule has 0 saturated carbocycles. The Labute approximate surface area is 111 Å². The Balaban J connectivity index is 2.71. The van der Waals surface area contributed by atoms with Crippen molar-refractivity contribution in [3.8, 4) is 0 Å². The molecule has 0 aliphatic heterocycles. The van der Waals surface area contributed by atoms with Crippen molar-refractivity contribution in [1.82, 2.24) is 5.32 Å². The summed E-state index contributed by atoms with van der Waals surface area (Å²) in [5.74, 6) is 0.00807. The van der Waals surface area contributed by atoms with Crippen LogP contribution in [0.5, 0.6) is 0 Å². The Morgan fingerprint density at radius 1 is 1.35 bits per heavy atom. The number of nitrogens with two attached hydrogens (primary N) is 1. The number of carbonyl (C=O) groups excluding carboxylic acids is 1. The lowest BCUT2D eigenvalue weighted by molar-refractivity contribution is 0.0949. The fourth-order valence-electron chi connectivity index (χ4n) is 1.25. The first-order valence-electron chi connectivity index (χ1n) is 5.41. The van der Waals surface area contributed by atoms with E-state index < -0.39 is 0 Å². The molecule has 0 fully saturated rings. The summed E-state index contributed by atoms with van der Waals surface area (Å²) >= 11 is 11.9. The molecule has 0 aliphatic rings. The van der Waals surface area contributed by atoms with Gasteiger partial charge in [-0.05, 0) is 18.1 Å². The van der Waals surface area contributed by atoms with Crippen molar-refractivity contribution in [2.24, 2.45) is 11.7 Å². The molecule has 0 saturated heterocycles. The fourth-order valence-corrected chi connectivity index (χ4v) is 1.82. The summed E-state index contributed by atoms with van der Waals surface area (Å²) in [5, 5.41) is 3.41. The summed E-state index contributed by atoms with van der Waals surface area (Å²) in [6.45, 7) is 4.40. The van der Waals surface area contributed by atoms with Gasteiger partial charge in [-0.2, -0.15) is 0 Å². The van der Waals surface area contributed by atoms with Crippen LogP contribution in [-0.2, 0) is 0 Å². The number of carbonyl (C=O) groups is 1. The number of hydrogen-bond donors (Lipinski definition) is 2. The van der Waals surface area contributed by atoms with Crippen molar-refractivity contribution in [1.29, 1.82) is 0 Å². The molecular formula is C12H16Cl2N2O. The maximum atomic E-state index is 11.9. The number of amides is 1. The predicted octanol–water partition coefficient (Wildman–Crippen LogP) is 2.71. The van der Waals surface area contributed by atoms with Crippen LogP contribution in [0.4, 0.5) is 0 Å². The zero-order valence-electron chi connectivity index (χ0n) is 9.84. The Morgan fingerprint density at radius 2 is 1.88 bits per heavy atom. The molecule has 1 rings (SSSR count). The van der Waals surface area contributed by atoms with Crippen molar-refractivity contribution in [3.63, 3.8) is 0 Å². The Hall–Kier alpha value is -0.770. The van der Waals surface area contributed by atoms with Gasteiger partial charge in [-0.15, -0.1) is 0 Å². The van der Waals surface area contributed by atoms with Gasteiger partial charge in [-0.1, -0.05) is 43.1 Å². The number of nitrogens with one attached hydrogen (secondary N) is 1. The van der Waals surface area contributed by atoms with Gasteiger partial charge < -0.3 is 11.1 Å². The van der Waals surface area contributed by atoms with Gasteiger partial charge >= 0.3 is 0 Å². The highest BCUT2D eigenvalue weighted by Gasteiger charge is 2.15. The third-order valence-corrected chi connectivity index (χ3v) is 3.17. The van der Waals surface area contributed by atoms with Crippen LogP contribution >= 0.6 is 23.2 Å². The summed E-state index contributed by atoms with van der Waals surface area (Å²) in [6.07, 6.45) is 0. The van der Waals surface area contributed by atoms with Crippen LogP contribution < -0.4 is 11.1 Å². The van der Waals surface area contributed by atoms with Crippen LogP contribution in [0.1, 0.15) is 24.2 Å². The topological polar surface area (TPSA) is 55.1 Å². The van der Waals surface area contributed by atoms with Crippen molar-refractivity contribution in [2.75, 3.05) is 6.54 Å². The highest BCUT2D eigenvalue weighted by Crippen LogP contribution is 2.23. The minimum atomic E-state index is -0.295. The normalized spacial score (nSPS) is 12.6. The Bertz CT molecular complexity index is 387. The second-order valence-electron chi connectivity index (χ2n) is 4.21. The molecule has 0 heterocycles. The summed E-state index contributed by atoms with van der Waals surface area (Å²) < 4.78 is 0. The standard InChI is InChI=1S/C12H16Cl2N2O/c1-7(2)10(15)6-16-12(17)11-8(13)4-3-5-9(11)14/h3-5,7,10H,6,15H2,1-2H3,(H,16,17). The lowest BCUT2D eigenvalue weighted by atomic mass is 10.1. The molecule has 1 aromatic carbocycles. The molecule has 1 atom stereocenters. The summed E-state index contributed by atoms with van der Waals surface area (Å²) in [6, 6.07) is 4.87. The molecule has 3 nitrogen and oxygen atoms in total. The van der Waals surface area contributed by atoms with Gasteiger partial charge in [-0.25, -0.2) is 0 Å². The highest BCUT2D eigenvalue weighted by molar-refractivity contribution is 6.39. The molecule has 1 unspecified atom stereocenters. The van der Waals surface area contributed by atoms with Crippen LogP contribution in [0, 0.1) is 5.92 Å². The molecule has 3 N–H and O–H groups in total. The van der Waals surface area contributed by atoms with Crippen LogP contribution in [0.3, 0.4) is 0 Å². The molecule has 5 heteroatoms. The van der Waals surface area contributed by atoms with E-state index in [1.807, 2.05) is 13.8 Å². The zero-order chi connectivity index (χ0) is 13.0. The third kappa shape index (κ3) is 3.87. The summed E-state index contributed by atoms with van der Waals surface area (Å²) in [7, 11) is 0. The largest absolute Gasteiger partial charge is 0.350 e. The molecule has 17 heavy (non-hydrogen) atoms. The second-order valence-corrected chi connectivity index (χ2v) is 5.03. The Kier molecular flexibility index (Phi) is 5.25. The first kappa shape index (κ1) is 14.3. The van der Waals surface area contributed by atoms with E-state index in [4.69, 9.17) is 28.9 Å². The SMILES string of the molecule is CC(C)C(N)CNC(=O)c1c(Cl)cccc1Cl. The van der Waals surface area contributed by atoms with E-state index in [-0.39, 0.29) is 11.9 Å². The van der Waals surface area contributed by atoms with Crippen molar-refractivity contribution in [3.05, 3.63) is 33.8 Å². The molecule has 0 radical (unpaired) electrons. The van der Waals surface area contributed by atoms with Crippen LogP contribution in [-0.4, -0.2) is 18.5 Å². The van der Waals surface area contributed by atoms with E-state index in [9.17, 15) is 4.79 Å². The smallest absolute Gasteiger partial charge is 0.254 e.